The van der Waals surface area contributed by atoms with Crippen LogP contribution in [0.5, 0.6) is 0 Å². The predicted molar refractivity (Wildman–Crippen MR) is 166 cm³/mol. The number of aryl methyl sites for hydroxylation is 1. The third-order valence-electron chi connectivity index (χ3n) is 8.14. The standard InChI is InChI=1S/C30H33ClN6O4S2/c1-19-23-18-22(31)12-13-25(23)42-30(19)43(40,41)35-14-7-11-26(38)36-15-6-10-24(36)29(39)32-20(2)28-33-27(34-37(28)17-16-35)21-8-4-3-5-9-21/h3-5,8-9,12-13,18,20,24H,6-7,10-11,14-17H2,1-2H3,(H,32,39)/t20-,24-/m0/s1. The van der Waals surface area contributed by atoms with Crippen LogP contribution < -0.4 is 5.32 Å². The third kappa shape index (κ3) is 5.81. The first kappa shape index (κ1) is 29.7. The largest absolute Gasteiger partial charge is 0.345 e. The molecule has 2 aromatic heterocycles. The molecule has 4 aromatic rings. The summed E-state index contributed by atoms with van der Waals surface area (Å²) in [6.07, 6.45) is 1.80. The number of aromatic nitrogens is 3. The lowest BCUT2D eigenvalue weighted by Crippen LogP contribution is -2.47. The summed E-state index contributed by atoms with van der Waals surface area (Å²) < 4.78 is 32.7. The van der Waals surface area contributed by atoms with E-state index in [0.717, 1.165) is 22.1 Å². The minimum atomic E-state index is -3.92. The summed E-state index contributed by atoms with van der Waals surface area (Å²) in [7, 11) is -3.92. The molecular formula is C30H33ClN6O4S2. The zero-order valence-corrected chi connectivity index (χ0v) is 26.4. The van der Waals surface area contributed by atoms with Crippen molar-refractivity contribution in [3.05, 3.63) is 64.9 Å². The van der Waals surface area contributed by atoms with Gasteiger partial charge in [0.2, 0.25) is 11.8 Å². The average Bonchev–Trinajstić information content (AvgIpc) is 3.73. The molecule has 0 bridgehead atoms. The van der Waals surface area contributed by atoms with Crippen LogP contribution in [0.25, 0.3) is 21.5 Å². The van der Waals surface area contributed by atoms with Gasteiger partial charge in [0.05, 0.1) is 12.6 Å². The van der Waals surface area contributed by atoms with E-state index in [4.69, 9.17) is 21.7 Å². The van der Waals surface area contributed by atoms with Crippen LogP contribution in [0.4, 0.5) is 0 Å². The number of thiophene rings is 1. The maximum Gasteiger partial charge on any atom is 0.252 e. The lowest BCUT2D eigenvalue weighted by atomic mass is 10.1. The highest BCUT2D eigenvalue weighted by Gasteiger charge is 2.36. The zero-order chi connectivity index (χ0) is 30.3. The lowest BCUT2D eigenvalue weighted by molar-refractivity contribution is -0.138. The third-order valence-corrected chi connectivity index (χ3v) is 12.1. The first-order chi connectivity index (χ1) is 20.6. The van der Waals surface area contributed by atoms with Crippen molar-refractivity contribution in [1.82, 2.24) is 29.3 Å². The number of rotatable bonds is 3. The first-order valence-electron chi connectivity index (χ1n) is 14.4. The van der Waals surface area contributed by atoms with Gasteiger partial charge in [-0.15, -0.1) is 11.3 Å². The van der Waals surface area contributed by atoms with Crippen LogP contribution >= 0.6 is 22.9 Å². The van der Waals surface area contributed by atoms with E-state index in [0.29, 0.717) is 41.6 Å². The molecule has 2 aliphatic rings. The molecule has 0 unspecified atom stereocenters. The van der Waals surface area contributed by atoms with Gasteiger partial charge < -0.3 is 10.2 Å². The maximum absolute atomic E-state index is 14.2. The summed E-state index contributed by atoms with van der Waals surface area (Å²) in [6.45, 7) is 4.62. The molecule has 1 fully saturated rings. The second-order valence-corrected chi connectivity index (χ2v) is 14.6. The monoisotopic (exact) mass is 640 g/mol. The topological polar surface area (TPSA) is 118 Å². The van der Waals surface area contributed by atoms with Crippen LogP contribution in [0.1, 0.15) is 50.0 Å². The number of sulfonamides is 1. The van der Waals surface area contributed by atoms with Gasteiger partial charge in [0, 0.05) is 41.3 Å². The second-order valence-electron chi connectivity index (χ2n) is 11.0. The molecule has 4 heterocycles. The van der Waals surface area contributed by atoms with Crippen molar-refractivity contribution < 1.29 is 18.0 Å². The van der Waals surface area contributed by atoms with Gasteiger partial charge in [-0.1, -0.05) is 41.9 Å². The molecule has 43 heavy (non-hydrogen) atoms. The second kappa shape index (κ2) is 12.0. The average molecular weight is 641 g/mol. The fourth-order valence-electron chi connectivity index (χ4n) is 5.90. The highest BCUT2D eigenvalue weighted by Crippen LogP contribution is 2.37. The van der Waals surface area contributed by atoms with Crippen molar-refractivity contribution >= 4 is 54.9 Å². The van der Waals surface area contributed by atoms with Crippen LogP contribution in [-0.2, 0) is 26.2 Å². The number of carbonyl (C=O) groups is 2. The van der Waals surface area contributed by atoms with E-state index in [9.17, 15) is 18.0 Å². The van der Waals surface area contributed by atoms with Crippen molar-refractivity contribution in [2.45, 2.75) is 62.4 Å². The molecule has 2 amide bonds. The smallest absolute Gasteiger partial charge is 0.252 e. The molecule has 10 nitrogen and oxygen atoms in total. The minimum Gasteiger partial charge on any atom is -0.345 e. The van der Waals surface area contributed by atoms with E-state index in [1.807, 2.05) is 43.3 Å². The summed E-state index contributed by atoms with van der Waals surface area (Å²) in [5.74, 6) is 0.660. The van der Waals surface area contributed by atoms with Crippen molar-refractivity contribution in [3.8, 4) is 11.4 Å². The molecule has 6 rings (SSSR count). The number of hydrogen-bond acceptors (Lipinski definition) is 7. The Morgan fingerprint density at radius 1 is 1.02 bits per heavy atom. The van der Waals surface area contributed by atoms with Gasteiger partial charge in [0.15, 0.2) is 5.82 Å². The Bertz CT molecular complexity index is 1790. The molecule has 2 atom stereocenters. The van der Waals surface area contributed by atoms with Crippen molar-refractivity contribution in [2.24, 2.45) is 0 Å². The Morgan fingerprint density at radius 3 is 2.60 bits per heavy atom. The number of fused-ring (bicyclic) bond motifs is 3. The number of nitrogens with one attached hydrogen (secondary N) is 1. The first-order valence-corrected chi connectivity index (χ1v) is 17.1. The number of halogens is 1. The van der Waals surface area contributed by atoms with Gasteiger partial charge in [-0.05, 0) is 62.3 Å². The number of nitrogens with zero attached hydrogens (tertiary/aromatic N) is 5. The molecule has 226 valence electrons. The molecule has 0 saturated carbocycles. The van der Waals surface area contributed by atoms with Gasteiger partial charge in [-0.2, -0.15) is 9.40 Å². The van der Waals surface area contributed by atoms with Crippen LogP contribution in [-0.4, -0.2) is 69.9 Å². The summed E-state index contributed by atoms with van der Waals surface area (Å²) in [5, 5.41) is 9.15. The molecule has 0 spiro atoms. The van der Waals surface area contributed by atoms with E-state index in [2.05, 4.69) is 5.32 Å². The normalized spacial score (nSPS) is 21.0. The van der Waals surface area contributed by atoms with Crippen LogP contribution in [0.3, 0.4) is 0 Å². The summed E-state index contributed by atoms with van der Waals surface area (Å²) in [5.41, 5.74) is 1.47. The molecule has 1 N–H and O–H groups in total. The Balaban J connectivity index is 1.39. The lowest BCUT2D eigenvalue weighted by Gasteiger charge is -2.27. The number of carbonyl (C=O) groups excluding carboxylic acids is 2. The molecule has 2 aliphatic heterocycles. The molecule has 1 saturated heterocycles. The fourth-order valence-corrected chi connectivity index (χ4v) is 9.43. The quantitative estimate of drug-likeness (QED) is 0.345. The van der Waals surface area contributed by atoms with Gasteiger partial charge in [0.1, 0.15) is 16.1 Å². The molecule has 0 aliphatic carbocycles. The number of hydrogen-bond donors (Lipinski definition) is 1. The molecule has 2 aromatic carbocycles. The predicted octanol–water partition coefficient (Wildman–Crippen LogP) is 4.77. The van der Waals surface area contributed by atoms with E-state index >= 15 is 0 Å². The molecule has 0 radical (unpaired) electrons. The fraction of sp³-hybridized carbons (Fsp3) is 0.400. The highest BCUT2D eigenvalue weighted by molar-refractivity contribution is 7.91. The SMILES string of the molecule is Cc1c(S(=O)(=O)N2CCCC(=O)N3CCC[C@H]3C(=O)N[C@@H](C)c3nc(-c4ccccc4)nn3CC2)sc2ccc(Cl)cc12. The van der Waals surface area contributed by atoms with Crippen molar-refractivity contribution in [2.75, 3.05) is 19.6 Å². The Labute approximate surface area is 259 Å². The van der Waals surface area contributed by atoms with E-state index in [-0.39, 0.29) is 42.1 Å². The van der Waals surface area contributed by atoms with Crippen LogP contribution in [0.15, 0.2) is 52.7 Å². The highest BCUT2D eigenvalue weighted by atomic mass is 35.5. The van der Waals surface area contributed by atoms with Gasteiger partial charge in [0.25, 0.3) is 10.0 Å². The summed E-state index contributed by atoms with van der Waals surface area (Å²) in [4.78, 5) is 33.0. The maximum atomic E-state index is 14.2. The Morgan fingerprint density at radius 2 is 1.81 bits per heavy atom. The summed E-state index contributed by atoms with van der Waals surface area (Å²) >= 11 is 7.45. The summed E-state index contributed by atoms with van der Waals surface area (Å²) in [6, 6.07) is 13.8. The van der Waals surface area contributed by atoms with E-state index in [1.165, 1.54) is 15.6 Å². The Kier molecular flexibility index (Phi) is 8.29. The van der Waals surface area contributed by atoms with Crippen molar-refractivity contribution in [3.63, 3.8) is 0 Å². The van der Waals surface area contributed by atoms with Gasteiger partial charge in [-0.25, -0.2) is 18.1 Å². The molecular weight excluding hydrogens is 608 g/mol. The van der Waals surface area contributed by atoms with Crippen molar-refractivity contribution in [1.29, 1.82) is 0 Å². The Hall–Kier alpha value is -3.32. The van der Waals surface area contributed by atoms with Gasteiger partial charge in [-0.3, -0.25) is 9.59 Å². The minimum absolute atomic E-state index is 0.114. The van der Waals surface area contributed by atoms with E-state index in [1.54, 1.807) is 28.6 Å². The van der Waals surface area contributed by atoms with E-state index < -0.39 is 22.1 Å². The zero-order valence-electron chi connectivity index (χ0n) is 24.0. The number of benzene rings is 2. The van der Waals surface area contributed by atoms with Crippen LogP contribution in [0, 0.1) is 6.92 Å². The molecule has 13 heteroatoms. The van der Waals surface area contributed by atoms with Crippen LogP contribution in [0.2, 0.25) is 5.02 Å². The number of amides is 2. The van der Waals surface area contributed by atoms with Gasteiger partial charge >= 0.3 is 0 Å².